The van der Waals surface area contributed by atoms with Crippen molar-refractivity contribution >= 4 is 16.7 Å². The number of ether oxygens (including phenoxy) is 1. The summed E-state index contributed by atoms with van der Waals surface area (Å²) in [5.74, 6) is 0.491. The number of methoxy groups -OCH3 is 1. The van der Waals surface area contributed by atoms with Crippen LogP contribution in [-0.2, 0) is 20.3 Å². The minimum absolute atomic E-state index is 0.0454. The Labute approximate surface area is 87.9 Å². The molecule has 0 spiro atoms. The molecule has 5 heteroatoms. The zero-order valence-electron chi connectivity index (χ0n) is 9.20. The van der Waals surface area contributed by atoms with Crippen LogP contribution in [0.4, 0.5) is 0 Å². The van der Waals surface area contributed by atoms with Crippen molar-refractivity contribution in [3.05, 3.63) is 0 Å². The molecule has 4 nitrogen and oxygen atoms in total. The van der Waals surface area contributed by atoms with Gasteiger partial charge < -0.3 is 10.1 Å². The monoisotopic (exact) mass is 221 g/mol. The van der Waals surface area contributed by atoms with Gasteiger partial charge in [-0.15, -0.1) is 0 Å². The first-order valence-electron chi connectivity index (χ1n) is 4.60. The number of carbonyl (C=O) groups is 1. The molecule has 14 heavy (non-hydrogen) atoms. The van der Waals surface area contributed by atoms with E-state index in [1.807, 2.05) is 6.92 Å². The van der Waals surface area contributed by atoms with Crippen LogP contribution in [0.5, 0.6) is 0 Å². The van der Waals surface area contributed by atoms with Crippen LogP contribution in [-0.4, -0.2) is 41.4 Å². The Morgan fingerprint density at radius 2 is 2.07 bits per heavy atom. The summed E-state index contributed by atoms with van der Waals surface area (Å²) in [6.45, 7) is 3.59. The Balaban J connectivity index is 3.76. The Kier molecular flexibility index (Phi) is 6.74. The fraction of sp³-hybridized carbons (Fsp3) is 0.889. The molecule has 1 N–H and O–H groups in total. The largest absolute Gasteiger partial charge is 0.372 e. The van der Waals surface area contributed by atoms with Crippen LogP contribution in [0.25, 0.3) is 0 Å². The summed E-state index contributed by atoms with van der Waals surface area (Å²) in [5, 5.41) is 2.79. The average Bonchev–Trinajstić information content (AvgIpc) is 2.13. The molecular formula is C9H19NO3S. The predicted molar refractivity (Wildman–Crippen MR) is 57.6 cm³/mol. The number of nitrogens with one attached hydrogen (secondary N) is 1. The van der Waals surface area contributed by atoms with Gasteiger partial charge in [-0.2, -0.15) is 0 Å². The fourth-order valence-corrected chi connectivity index (χ4v) is 1.57. The number of carbonyl (C=O) groups excluding carboxylic acids is 1. The highest BCUT2D eigenvalue weighted by Crippen LogP contribution is 1.95. The molecule has 0 bridgehead atoms. The van der Waals surface area contributed by atoms with Crippen LogP contribution in [0.1, 0.15) is 20.3 Å². The first-order chi connectivity index (χ1) is 6.47. The van der Waals surface area contributed by atoms with Gasteiger partial charge in [0.2, 0.25) is 5.91 Å². The standard InChI is InChI=1S/C9H19NO3S/c1-7(5-6-14(4)12)10-9(11)8(2)13-3/h7-8H,5-6H2,1-4H3,(H,10,11). The maximum Gasteiger partial charge on any atom is 0.249 e. The Morgan fingerprint density at radius 1 is 1.50 bits per heavy atom. The first-order valence-corrected chi connectivity index (χ1v) is 6.33. The zero-order chi connectivity index (χ0) is 11.1. The number of hydrogen-bond acceptors (Lipinski definition) is 3. The van der Waals surface area contributed by atoms with Gasteiger partial charge in [0, 0.05) is 36.0 Å². The molecular weight excluding hydrogens is 202 g/mol. The van der Waals surface area contributed by atoms with E-state index >= 15 is 0 Å². The lowest BCUT2D eigenvalue weighted by Crippen LogP contribution is -2.40. The van der Waals surface area contributed by atoms with Crippen molar-refractivity contribution in [2.45, 2.75) is 32.4 Å². The second kappa shape index (κ2) is 6.95. The Bertz CT molecular complexity index is 208. The van der Waals surface area contributed by atoms with Crippen LogP contribution in [0, 0.1) is 0 Å². The lowest BCUT2D eigenvalue weighted by atomic mass is 10.2. The van der Waals surface area contributed by atoms with Gasteiger partial charge in [0.25, 0.3) is 0 Å². The van der Waals surface area contributed by atoms with Gasteiger partial charge in [-0.25, -0.2) is 0 Å². The molecule has 0 radical (unpaired) electrons. The highest BCUT2D eigenvalue weighted by molar-refractivity contribution is 7.84. The third-order valence-corrected chi connectivity index (χ3v) is 2.76. The lowest BCUT2D eigenvalue weighted by molar-refractivity contribution is -0.130. The summed E-state index contributed by atoms with van der Waals surface area (Å²) in [7, 11) is 0.700. The highest BCUT2D eigenvalue weighted by atomic mass is 32.2. The molecule has 0 saturated heterocycles. The van der Waals surface area contributed by atoms with E-state index in [0.717, 1.165) is 6.42 Å². The summed E-state index contributed by atoms with van der Waals surface area (Å²) >= 11 is 0. The molecule has 0 aliphatic carbocycles. The van der Waals surface area contributed by atoms with Gasteiger partial charge in [0.1, 0.15) is 6.10 Å². The molecule has 0 aromatic rings. The molecule has 84 valence electrons. The minimum atomic E-state index is -0.796. The minimum Gasteiger partial charge on any atom is -0.372 e. The van der Waals surface area contributed by atoms with Crippen LogP contribution in [0.15, 0.2) is 0 Å². The summed E-state index contributed by atoms with van der Waals surface area (Å²) in [5.41, 5.74) is 0. The van der Waals surface area contributed by atoms with Crippen LogP contribution in [0.3, 0.4) is 0 Å². The second-order valence-corrected chi connectivity index (χ2v) is 4.91. The summed E-state index contributed by atoms with van der Waals surface area (Å²) in [6.07, 6.45) is 1.96. The molecule has 0 aliphatic rings. The van der Waals surface area contributed by atoms with Crippen molar-refractivity contribution in [2.75, 3.05) is 19.1 Å². The van der Waals surface area contributed by atoms with Crippen molar-refractivity contribution in [3.8, 4) is 0 Å². The maximum absolute atomic E-state index is 11.3. The van der Waals surface area contributed by atoms with Crippen molar-refractivity contribution in [2.24, 2.45) is 0 Å². The second-order valence-electron chi connectivity index (χ2n) is 3.35. The van der Waals surface area contributed by atoms with Gasteiger partial charge in [-0.1, -0.05) is 0 Å². The van der Waals surface area contributed by atoms with Crippen molar-refractivity contribution in [3.63, 3.8) is 0 Å². The number of amides is 1. The molecule has 0 heterocycles. The average molecular weight is 221 g/mol. The topological polar surface area (TPSA) is 55.4 Å². The van der Waals surface area contributed by atoms with E-state index in [1.165, 1.54) is 7.11 Å². The van der Waals surface area contributed by atoms with Gasteiger partial charge in [0.15, 0.2) is 0 Å². The van der Waals surface area contributed by atoms with Gasteiger partial charge >= 0.3 is 0 Å². The molecule has 0 rings (SSSR count). The van der Waals surface area contributed by atoms with Crippen LogP contribution >= 0.6 is 0 Å². The Hall–Kier alpha value is -0.420. The van der Waals surface area contributed by atoms with E-state index in [2.05, 4.69) is 5.32 Å². The first kappa shape index (κ1) is 13.6. The van der Waals surface area contributed by atoms with Crippen molar-refractivity contribution in [1.82, 2.24) is 5.32 Å². The zero-order valence-corrected chi connectivity index (χ0v) is 10.0. The van der Waals surface area contributed by atoms with E-state index < -0.39 is 16.9 Å². The van der Waals surface area contributed by atoms with E-state index in [1.54, 1.807) is 13.2 Å². The lowest BCUT2D eigenvalue weighted by Gasteiger charge is -2.16. The normalized spacial score (nSPS) is 17.1. The van der Waals surface area contributed by atoms with Gasteiger partial charge in [-0.05, 0) is 20.3 Å². The third-order valence-electron chi connectivity index (χ3n) is 1.95. The summed E-state index contributed by atoms with van der Waals surface area (Å²) < 4.78 is 15.7. The van der Waals surface area contributed by atoms with E-state index in [0.29, 0.717) is 5.75 Å². The summed E-state index contributed by atoms with van der Waals surface area (Å²) in [4.78, 5) is 11.3. The van der Waals surface area contributed by atoms with Crippen LogP contribution in [0.2, 0.25) is 0 Å². The highest BCUT2D eigenvalue weighted by Gasteiger charge is 2.13. The SMILES string of the molecule is COC(C)C(=O)NC(C)CCS(C)=O. The summed E-state index contributed by atoms with van der Waals surface area (Å²) in [6, 6.07) is 0.0454. The van der Waals surface area contributed by atoms with Gasteiger partial charge in [-0.3, -0.25) is 9.00 Å². The molecule has 0 saturated carbocycles. The maximum atomic E-state index is 11.3. The molecule has 0 aliphatic heterocycles. The molecule has 0 fully saturated rings. The fourth-order valence-electron chi connectivity index (χ4n) is 0.882. The third kappa shape index (κ3) is 6.10. The molecule has 0 aromatic carbocycles. The van der Waals surface area contributed by atoms with E-state index in [9.17, 15) is 9.00 Å². The predicted octanol–water partition coefficient (Wildman–Crippen LogP) is 0.295. The van der Waals surface area contributed by atoms with E-state index in [-0.39, 0.29) is 11.9 Å². The molecule has 1 amide bonds. The quantitative estimate of drug-likeness (QED) is 0.701. The number of rotatable bonds is 6. The van der Waals surface area contributed by atoms with Crippen molar-refractivity contribution in [1.29, 1.82) is 0 Å². The van der Waals surface area contributed by atoms with E-state index in [4.69, 9.17) is 4.74 Å². The van der Waals surface area contributed by atoms with Crippen LogP contribution < -0.4 is 5.32 Å². The molecule has 0 aromatic heterocycles. The smallest absolute Gasteiger partial charge is 0.249 e. The number of hydrogen-bond donors (Lipinski definition) is 1. The Morgan fingerprint density at radius 3 is 2.50 bits per heavy atom. The van der Waals surface area contributed by atoms with Gasteiger partial charge in [0.05, 0.1) is 0 Å². The van der Waals surface area contributed by atoms with Crippen molar-refractivity contribution < 1.29 is 13.7 Å². The molecule has 3 atom stereocenters. The molecule has 3 unspecified atom stereocenters.